The van der Waals surface area contributed by atoms with Crippen molar-refractivity contribution in [1.29, 1.82) is 0 Å². The van der Waals surface area contributed by atoms with Crippen LogP contribution >= 0.6 is 0 Å². The van der Waals surface area contributed by atoms with E-state index in [-0.39, 0.29) is 0 Å². The lowest BCUT2D eigenvalue weighted by atomic mass is 10.1. The zero-order valence-corrected chi connectivity index (χ0v) is 10.2. The average Bonchev–Trinajstić information content (AvgIpc) is 2.41. The largest absolute Gasteiger partial charge is 0.480 e. The van der Waals surface area contributed by atoms with Gasteiger partial charge in [-0.15, -0.1) is 0 Å². The van der Waals surface area contributed by atoms with Crippen molar-refractivity contribution in [2.75, 3.05) is 26.3 Å². The van der Waals surface area contributed by atoms with E-state index in [2.05, 4.69) is 0 Å². The van der Waals surface area contributed by atoms with E-state index >= 15 is 0 Å². The van der Waals surface area contributed by atoms with Gasteiger partial charge in [-0.2, -0.15) is 0 Å². The van der Waals surface area contributed by atoms with Crippen molar-refractivity contribution in [2.45, 2.75) is 6.04 Å². The van der Waals surface area contributed by atoms with Gasteiger partial charge in [-0.05, 0) is 5.56 Å². The molecule has 0 saturated carbocycles. The number of ether oxygens (including phenoxy) is 1. The van der Waals surface area contributed by atoms with Gasteiger partial charge in [0.2, 0.25) is 0 Å². The molecule has 1 aromatic carbocycles. The molecule has 1 N–H and O–H groups in total. The highest BCUT2D eigenvalue weighted by atomic mass is 16.5. The van der Waals surface area contributed by atoms with Crippen molar-refractivity contribution in [1.82, 2.24) is 4.90 Å². The molecule has 0 bridgehead atoms. The Kier molecular flexibility index (Phi) is 4.50. The summed E-state index contributed by atoms with van der Waals surface area (Å²) in [6.45, 7) is 2.53. The summed E-state index contributed by atoms with van der Waals surface area (Å²) in [4.78, 5) is 13.2. The molecular formula is C14H17NO3. The van der Waals surface area contributed by atoms with Crippen LogP contribution in [0.25, 0.3) is 6.08 Å². The maximum atomic E-state index is 11.3. The summed E-state index contributed by atoms with van der Waals surface area (Å²) < 4.78 is 5.23. The Labute approximate surface area is 106 Å². The molecule has 1 atom stereocenters. The second-order valence-electron chi connectivity index (χ2n) is 4.20. The Balaban J connectivity index is 2.06. The minimum atomic E-state index is -0.816. The number of aliphatic carboxylic acids is 1. The lowest BCUT2D eigenvalue weighted by Crippen LogP contribution is -2.46. The molecule has 1 aromatic rings. The molecule has 1 fully saturated rings. The summed E-state index contributed by atoms with van der Waals surface area (Å²) in [5, 5.41) is 9.27. The second-order valence-corrected chi connectivity index (χ2v) is 4.20. The van der Waals surface area contributed by atoms with E-state index < -0.39 is 12.0 Å². The molecule has 96 valence electrons. The van der Waals surface area contributed by atoms with Crippen LogP contribution < -0.4 is 0 Å². The highest BCUT2D eigenvalue weighted by Gasteiger charge is 2.24. The number of hydrogen-bond donors (Lipinski definition) is 1. The number of carbonyl (C=O) groups is 1. The van der Waals surface area contributed by atoms with E-state index in [0.29, 0.717) is 26.3 Å². The molecule has 0 aliphatic carbocycles. The van der Waals surface area contributed by atoms with Crippen LogP contribution in [-0.2, 0) is 9.53 Å². The number of hydrogen-bond acceptors (Lipinski definition) is 3. The minimum Gasteiger partial charge on any atom is -0.480 e. The van der Waals surface area contributed by atoms with Crippen LogP contribution in [0.15, 0.2) is 36.4 Å². The minimum absolute atomic E-state index is 0.575. The molecule has 0 amide bonds. The fraction of sp³-hybridized carbons (Fsp3) is 0.357. The zero-order chi connectivity index (χ0) is 12.8. The van der Waals surface area contributed by atoms with Crippen LogP contribution in [0.3, 0.4) is 0 Å². The summed E-state index contributed by atoms with van der Waals surface area (Å²) in [5.74, 6) is -0.816. The van der Waals surface area contributed by atoms with Gasteiger partial charge in [0, 0.05) is 13.1 Å². The standard InChI is InChI=1S/C14H17NO3/c16-14(17)13(15-8-10-18-11-9-15)7-6-12-4-2-1-3-5-12/h1-7,13H,8-11H2,(H,16,17)/b7-6+/t13-/m0/s1. The number of morpholine rings is 1. The summed E-state index contributed by atoms with van der Waals surface area (Å²) in [6.07, 6.45) is 3.59. The molecule has 4 heteroatoms. The first kappa shape index (κ1) is 12.8. The quantitative estimate of drug-likeness (QED) is 0.875. The number of carboxylic acid groups (broad SMARTS) is 1. The Morgan fingerprint density at radius 1 is 1.28 bits per heavy atom. The highest BCUT2D eigenvalue weighted by Crippen LogP contribution is 2.09. The fourth-order valence-corrected chi connectivity index (χ4v) is 1.98. The first-order valence-electron chi connectivity index (χ1n) is 6.05. The van der Waals surface area contributed by atoms with Gasteiger partial charge in [-0.3, -0.25) is 9.69 Å². The maximum absolute atomic E-state index is 11.3. The third-order valence-corrected chi connectivity index (χ3v) is 2.96. The average molecular weight is 247 g/mol. The topological polar surface area (TPSA) is 49.8 Å². The first-order valence-corrected chi connectivity index (χ1v) is 6.05. The molecule has 1 aliphatic heterocycles. The van der Waals surface area contributed by atoms with Crippen molar-refractivity contribution in [3.63, 3.8) is 0 Å². The van der Waals surface area contributed by atoms with Gasteiger partial charge in [-0.1, -0.05) is 42.5 Å². The lowest BCUT2D eigenvalue weighted by Gasteiger charge is -2.30. The van der Waals surface area contributed by atoms with Crippen molar-refractivity contribution >= 4 is 12.0 Å². The van der Waals surface area contributed by atoms with Gasteiger partial charge in [0.25, 0.3) is 0 Å². The van der Waals surface area contributed by atoms with E-state index in [9.17, 15) is 9.90 Å². The molecule has 1 heterocycles. The van der Waals surface area contributed by atoms with Crippen molar-refractivity contribution in [2.24, 2.45) is 0 Å². The molecule has 0 unspecified atom stereocenters. The number of benzene rings is 1. The number of nitrogens with zero attached hydrogens (tertiary/aromatic N) is 1. The van der Waals surface area contributed by atoms with Crippen molar-refractivity contribution < 1.29 is 14.6 Å². The number of carboxylic acids is 1. The zero-order valence-electron chi connectivity index (χ0n) is 10.2. The molecule has 1 aliphatic rings. The summed E-state index contributed by atoms with van der Waals surface area (Å²) in [6, 6.07) is 9.14. The Morgan fingerprint density at radius 2 is 1.94 bits per heavy atom. The smallest absolute Gasteiger partial charge is 0.324 e. The van der Waals surface area contributed by atoms with E-state index in [4.69, 9.17) is 4.74 Å². The molecule has 1 saturated heterocycles. The van der Waals surface area contributed by atoms with E-state index in [0.717, 1.165) is 5.56 Å². The molecule has 0 radical (unpaired) electrons. The van der Waals surface area contributed by atoms with Crippen molar-refractivity contribution in [3.05, 3.63) is 42.0 Å². The van der Waals surface area contributed by atoms with Gasteiger partial charge in [0.05, 0.1) is 13.2 Å². The highest BCUT2D eigenvalue weighted by molar-refractivity contribution is 5.77. The molecule has 0 aromatic heterocycles. The second kappa shape index (κ2) is 6.33. The molecule has 4 nitrogen and oxygen atoms in total. The lowest BCUT2D eigenvalue weighted by molar-refractivity contribution is -0.142. The molecule has 2 rings (SSSR count). The van der Waals surface area contributed by atoms with Crippen LogP contribution in [0.1, 0.15) is 5.56 Å². The Bertz CT molecular complexity index is 410. The van der Waals surface area contributed by atoms with Gasteiger partial charge in [-0.25, -0.2) is 0 Å². The van der Waals surface area contributed by atoms with E-state index in [1.54, 1.807) is 6.08 Å². The molecular weight excluding hydrogens is 230 g/mol. The Hall–Kier alpha value is -1.65. The summed E-state index contributed by atoms with van der Waals surface area (Å²) in [7, 11) is 0. The SMILES string of the molecule is O=C(O)[C@H](/C=C/c1ccccc1)N1CCOCC1. The predicted molar refractivity (Wildman–Crippen MR) is 69.3 cm³/mol. The van der Waals surface area contributed by atoms with Crippen LogP contribution in [0.5, 0.6) is 0 Å². The van der Waals surface area contributed by atoms with Gasteiger partial charge in [0.1, 0.15) is 6.04 Å². The monoisotopic (exact) mass is 247 g/mol. The van der Waals surface area contributed by atoms with Crippen LogP contribution in [0.4, 0.5) is 0 Å². The maximum Gasteiger partial charge on any atom is 0.324 e. The van der Waals surface area contributed by atoms with Gasteiger partial charge < -0.3 is 9.84 Å². The summed E-state index contributed by atoms with van der Waals surface area (Å²) in [5.41, 5.74) is 1.01. The molecule has 18 heavy (non-hydrogen) atoms. The number of rotatable bonds is 4. The normalized spacial score (nSPS) is 18.9. The van der Waals surface area contributed by atoms with Crippen LogP contribution in [-0.4, -0.2) is 48.3 Å². The van der Waals surface area contributed by atoms with E-state index in [1.165, 1.54) is 0 Å². The third kappa shape index (κ3) is 3.42. The predicted octanol–water partition coefficient (Wildman–Crippen LogP) is 1.49. The van der Waals surface area contributed by atoms with Gasteiger partial charge in [0.15, 0.2) is 0 Å². The summed E-state index contributed by atoms with van der Waals surface area (Å²) >= 11 is 0. The van der Waals surface area contributed by atoms with Gasteiger partial charge >= 0.3 is 5.97 Å². The van der Waals surface area contributed by atoms with Crippen LogP contribution in [0, 0.1) is 0 Å². The van der Waals surface area contributed by atoms with Crippen molar-refractivity contribution in [3.8, 4) is 0 Å². The third-order valence-electron chi connectivity index (χ3n) is 2.96. The fourth-order valence-electron chi connectivity index (χ4n) is 1.98. The first-order chi connectivity index (χ1) is 8.77. The Morgan fingerprint density at radius 3 is 2.56 bits per heavy atom. The molecule has 0 spiro atoms. The van der Waals surface area contributed by atoms with Crippen LogP contribution in [0.2, 0.25) is 0 Å². The van der Waals surface area contributed by atoms with E-state index in [1.807, 2.05) is 41.3 Å².